The van der Waals surface area contributed by atoms with Crippen molar-refractivity contribution in [2.24, 2.45) is 0 Å². The average Bonchev–Trinajstić information content (AvgIpc) is 2.73. The molecule has 0 aromatic heterocycles. The van der Waals surface area contributed by atoms with E-state index >= 15 is 0 Å². The van der Waals surface area contributed by atoms with E-state index in [0.29, 0.717) is 12.2 Å². The van der Waals surface area contributed by atoms with Crippen molar-refractivity contribution in [2.75, 3.05) is 13.2 Å². The molecule has 0 saturated carbocycles. The summed E-state index contributed by atoms with van der Waals surface area (Å²) >= 11 is 0. The Morgan fingerprint density at radius 1 is 1.50 bits per heavy atom. The molecule has 16 heavy (non-hydrogen) atoms. The molecule has 3 nitrogen and oxygen atoms in total. The number of hydrogen-bond donors (Lipinski definition) is 0. The number of carbonyl (C=O) groups is 1. The summed E-state index contributed by atoms with van der Waals surface area (Å²) < 4.78 is 10.8. The van der Waals surface area contributed by atoms with Gasteiger partial charge in [0.15, 0.2) is 5.78 Å². The van der Waals surface area contributed by atoms with E-state index in [1.807, 2.05) is 26.0 Å². The van der Waals surface area contributed by atoms with Crippen LogP contribution in [0.5, 0.6) is 5.75 Å². The normalized spacial score (nSPS) is 13.7. The first kappa shape index (κ1) is 11.1. The van der Waals surface area contributed by atoms with Gasteiger partial charge in [-0.25, -0.2) is 0 Å². The largest absolute Gasteiger partial charge is 0.492 e. The zero-order valence-electron chi connectivity index (χ0n) is 9.66. The van der Waals surface area contributed by atoms with Crippen molar-refractivity contribution in [3.05, 3.63) is 29.3 Å². The molecule has 0 saturated heterocycles. The summed E-state index contributed by atoms with van der Waals surface area (Å²) in [7, 11) is 0. The van der Waals surface area contributed by atoms with E-state index in [2.05, 4.69) is 0 Å². The molecule has 0 atom stereocenters. The Morgan fingerprint density at radius 3 is 3.06 bits per heavy atom. The van der Waals surface area contributed by atoms with Gasteiger partial charge in [0.25, 0.3) is 0 Å². The molecule has 0 bridgehead atoms. The summed E-state index contributed by atoms with van der Waals surface area (Å²) in [5.74, 6) is 0.743. The molecule has 0 aliphatic carbocycles. The maximum atomic E-state index is 11.9. The molecule has 0 spiro atoms. The number of benzene rings is 1. The van der Waals surface area contributed by atoms with Crippen LogP contribution >= 0.6 is 0 Å². The van der Waals surface area contributed by atoms with E-state index in [9.17, 15) is 4.79 Å². The Morgan fingerprint density at radius 2 is 2.31 bits per heavy atom. The van der Waals surface area contributed by atoms with Crippen LogP contribution in [0.25, 0.3) is 0 Å². The van der Waals surface area contributed by atoms with Gasteiger partial charge in [0.1, 0.15) is 12.4 Å². The SMILES string of the molecule is CC(C)OCC(=O)c1cccc2c1OCC2. The fourth-order valence-corrected chi connectivity index (χ4v) is 1.75. The van der Waals surface area contributed by atoms with Gasteiger partial charge in [-0.3, -0.25) is 4.79 Å². The number of para-hydroxylation sites is 1. The van der Waals surface area contributed by atoms with Gasteiger partial charge in [0.2, 0.25) is 0 Å². The highest BCUT2D eigenvalue weighted by Gasteiger charge is 2.20. The Bertz CT molecular complexity index is 396. The fraction of sp³-hybridized carbons (Fsp3) is 0.462. The maximum absolute atomic E-state index is 11.9. The first-order valence-corrected chi connectivity index (χ1v) is 5.58. The third-order valence-corrected chi connectivity index (χ3v) is 2.56. The third-order valence-electron chi connectivity index (χ3n) is 2.56. The average molecular weight is 220 g/mol. The number of carbonyl (C=O) groups excluding carboxylic acids is 1. The summed E-state index contributed by atoms with van der Waals surface area (Å²) in [5, 5.41) is 0. The second-order valence-corrected chi connectivity index (χ2v) is 4.18. The summed E-state index contributed by atoms with van der Waals surface area (Å²) in [6.45, 7) is 4.63. The molecule has 3 heteroatoms. The van der Waals surface area contributed by atoms with Crippen LogP contribution in [-0.4, -0.2) is 25.1 Å². The molecule has 0 unspecified atom stereocenters. The van der Waals surface area contributed by atoms with Crippen LogP contribution in [-0.2, 0) is 11.2 Å². The lowest BCUT2D eigenvalue weighted by Gasteiger charge is -2.09. The Kier molecular flexibility index (Phi) is 3.25. The molecule has 0 N–H and O–H groups in total. The molecular formula is C13H16O3. The zero-order valence-corrected chi connectivity index (χ0v) is 9.66. The molecule has 0 amide bonds. The number of Topliss-reactive ketones (excluding diaryl/α,β-unsaturated/α-hetero) is 1. The standard InChI is InChI=1S/C13H16O3/c1-9(2)16-8-12(14)11-5-3-4-10-6-7-15-13(10)11/h3-5,9H,6-8H2,1-2H3. The van der Waals surface area contributed by atoms with Crippen molar-refractivity contribution in [2.45, 2.75) is 26.4 Å². The first-order valence-electron chi connectivity index (χ1n) is 5.58. The number of hydrogen-bond acceptors (Lipinski definition) is 3. The van der Waals surface area contributed by atoms with Gasteiger partial charge in [-0.2, -0.15) is 0 Å². The van der Waals surface area contributed by atoms with E-state index < -0.39 is 0 Å². The maximum Gasteiger partial charge on any atom is 0.192 e. The predicted octanol–water partition coefficient (Wildman–Crippen LogP) is 2.23. The number of fused-ring (bicyclic) bond motifs is 1. The number of rotatable bonds is 4. The van der Waals surface area contributed by atoms with E-state index in [1.165, 1.54) is 0 Å². The van der Waals surface area contributed by atoms with Gasteiger partial charge >= 0.3 is 0 Å². The monoisotopic (exact) mass is 220 g/mol. The summed E-state index contributed by atoms with van der Waals surface area (Å²) in [4.78, 5) is 11.9. The van der Waals surface area contributed by atoms with Crippen LogP contribution in [0.15, 0.2) is 18.2 Å². The van der Waals surface area contributed by atoms with Gasteiger partial charge in [0, 0.05) is 6.42 Å². The van der Waals surface area contributed by atoms with Crippen molar-refractivity contribution in [3.63, 3.8) is 0 Å². The van der Waals surface area contributed by atoms with E-state index in [4.69, 9.17) is 9.47 Å². The van der Waals surface area contributed by atoms with Gasteiger partial charge in [-0.1, -0.05) is 12.1 Å². The van der Waals surface area contributed by atoms with Gasteiger partial charge in [0.05, 0.1) is 18.3 Å². The van der Waals surface area contributed by atoms with Crippen LogP contribution in [0.4, 0.5) is 0 Å². The molecule has 2 rings (SSSR count). The van der Waals surface area contributed by atoms with Gasteiger partial charge in [-0.15, -0.1) is 0 Å². The van der Waals surface area contributed by atoms with E-state index in [0.717, 1.165) is 17.7 Å². The smallest absolute Gasteiger partial charge is 0.192 e. The zero-order chi connectivity index (χ0) is 11.5. The summed E-state index contributed by atoms with van der Waals surface area (Å²) in [5.41, 5.74) is 1.77. The van der Waals surface area contributed by atoms with Crippen LogP contribution in [0.2, 0.25) is 0 Å². The highest BCUT2D eigenvalue weighted by Crippen LogP contribution is 2.29. The molecule has 1 aromatic rings. The van der Waals surface area contributed by atoms with Crippen molar-refractivity contribution < 1.29 is 14.3 Å². The Labute approximate surface area is 95.4 Å². The summed E-state index contributed by atoms with van der Waals surface area (Å²) in [6, 6.07) is 5.70. The lowest BCUT2D eigenvalue weighted by Crippen LogP contribution is -2.14. The molecule has 1 aliphatic heterocycles. The van der Waals surface area contributed by atoms with Crippen LogP contribution in [0.3, 0.4) is 0 Å². The van der Waals surface area contributed by atoms with Crippen molar-refractivity contribution in [3.8, 4) is 5.75 Å². The highest BCUT2D eigenvalue weighted by atomic mass is 16.5. The molecule has 0 radical (unpaired) electrons. The molecule has 1 aromatic carbocycles. The summed E-state index contributed by atoms with van der Waals surface area (Å²) in [6.07, 6.45) is 0.961. The fourth-order valence-electron chi connectivity index (χ4n) is 1.75. The quantitative estimate of drug-likeness (QED) is 0.730. The van der Waals surface area contributed by atoms with Crippen molar-refractivity contribution >= 4 is 5.78 Å². The first-order chi connectivity index (χ1) is 7.68. The Balaban J connectivity index is 2.15. The van der Waals surface area contributed by atoms with Gasteiger partial charge in [-0.05, 0) is 25.5 Å². The van der Waals surface area contributed by atoms with E-state index in [1.54, 1.807) is 6.07 Å². The molecule has 1 aliphatic rings. The van der Waals surface area contributed by atoms with Crippen LogP contribution in [0.1, 0.15) is 29.8 Å². The lowest BCUT2D eigenvalue weighted by molar-refractivity contribution is 0.0582. The van der Waals surface area contributed by atoms with Crippen LogP contribution < -0.4 is 4.74 Å². The molecule has 0 fully saturated rings. The molecular weight excluding hydrogens is 204 g/mol. The minimum absolute atomic E-state index is 0.00699. The lowest BCUT2D eigenvalue weighted by atomic mass is 10.1. The van der Waals surface area contributed by atoms with E-state index in [-0.39, 0.29) is 18.5 Å². The predicted molar refractivity (Wildman–Crippen MR) is 61.1 cm³/mol. The molecule has 86 valence electrons. The second kappa shape index (κ2) is 4.66. The molecule has 1 heterocycles. The van der Waals surface area contributed by atoms with Crippen LogP contribution in [0, 0.1) is 0 Å². The number of ketones is 1. The van der Waals surface area contributed by atoms with Gasteiger partial charge < -0.3 is 9.47 Å². The number of ether oxygens (including phenoxy) is 2. The van der Waals surface area contributed by atoms with Crippen molar-refractivity contribution in [1.82, 2.24) is 0 Å². The minimum Gasteiger partial charge on any atom is -0.492 e. The Hall–Kier alpha value is -1.35. The minimum atomic E-state index is -0.00699. The highest BCUT2D eigenvalue weighted by molar-refractivity contribution is 6.00. The third kappa shape index (κ3) is 2.25. The van der Waals surface area contributed by atoms with Crippen molar-refractivity contribution in [1.29, 1.82) is 0 Å². The second-order valence-electron chi connectivity index (χ2n) is 4.18. The topological polar surface area (TPSA) is 35.5 Å².